The van der Waals surface area contributed by atoms with Crippen LogP contribution >= 0.6 is 0 Å². The Balaban J connectivity index is 1.86. The minimum atomic E-state index is -2.17. The molecule has 42 heavy (non-hydrogen) atoms. The summed E-state index contributed by atoms with van der Waals surface area (Å²) in [6.45, 7) is 1.11. The lowest BCUT2D eigenvalue weighted by molar-refractivity contribution is -0.298. The molecule has 16 heteroatoms. The average Bonchev–Trinajstić information content (AvgIpc) is 2.93. The van der Waals surface area contributed by atoms with Crippen LogP contribution < -0.4 is 14.9 Å². The van der Waals surface area contributed by atoms with Crippen LogP contribution in [0.3, 0.4) is 0 Å². The van der Waals surface area contributed by atoms with Gasteiger partial charge in [-0.15, -0.1) is 0 Å². The summed E-state index contributed by atoms with van der Waals surface area (Å²) in [5.41, 5.74) is -1.65. The fraction of sp³-hybridized carbons (Fsp3) is 0.423. The van der Waals surface area contributed by atoms with Gasteiger partial charge in [-0.3, -0.25) is 4.79 Å². The van der Waals surface area contributed by atoms with Crippen LogP contribution in [0.1, 0.15) is 6.92 Å². The molecule has 11 N–H and O–H groups in total. The summed E-state index contributed by atoms with van der Waals surface area (Å²) in [6, 6.07) is 3.86. The van der Waals surface area contributed by atoms with Crippen molar-refractivity contribution in [1.82, 2.24) is 0 Å². The molecule has 2 aromatic carbocycles. The zero-order valence-corrected chi connectivity index (χ0v) is 22.0. The van der Waals surface area contributed by atoms with E-state index >= 15 is 0 Å². The van der Waals surface area contributed by atoms with Crippen molar-refractivity contribution in [2.75, 3.05) is 7.11 Å². The van der Waals surface area contributed by atoms with E-state index in [2.05, 4.69) is 0 Å². The Bertz CT molecular complexity index is 1500. The number of aliphatic hydroxyl groups is 7. The zero-order chi connectivity index (χ0) is 31.2. The second kappa shape index (κ2) is 11.8. The number of aliphatic hydroxyl groups excluding tert-OH is 7. The lowest BCUT2D eigenvalue weighted by Crippen LogP contribution is -2.64. The van der Waals surface area contributed by atoms with Crippen LogP contribution in [-0.2, 0) is 4.74 Å². The van der Waals surface area contributed by atoms with E-state index in [9.17, 15) is 61.0 Å². The third-order valence-corrected chi connectivity index (χ3v) is 6.83. The van der Waals surface area contributed by atoms with Crippen molar-refractivity contribution in [2.45, 2.75) is 62.0 Å². The smallest absolute Gasteiger partial charge is 0.239 e. The summed E-state index contributed by atoms with van der Waals surface area (Å²) in [6.07, 6.45) is -18.1. The van der Waals surface area contributed by atoms with Gasteiger partial charge >= 0.3 is 0 Å². The second-order valence-corrected chi connectivity index (χ2v) is 9.74. The maximum absolute atomic E-state index is 13.6. The molecule has 3 aromatic rings. The first-order valence-electron chi connectivity index (χ1n) is 12.4. The number of hydrogen-bond donors (Lipinski definition) is 11. The number of hydrogen-bond acceptors (Lipinski definition) is 16. The summed E-state index contributed by atoms with van der Waals surface area (Å²) in [5.74, 6) is -4.25. The number of phenols is 4. The zero-order valence-electron chi connectivity index (χ0n) is 22.0. The third-order valence-electron chi connectivity index (χ3n) is 6.83. The van der Waals surface area contributed by atoms with Gasteiger partial charge in [-0.1, -0.05) is 0 Å². The Morgan fingerprint density at radius 1 is 0.857 bits per heavy atom. The molecule has 1 unspecified atom stereocenters. The number of rotatable bonds is 8. The minimum Gasteiger partial charge on any atom is -0.508 e. The molecule has 2 heterocycles. The fourth-order valence-corrected chi connectivity index (χ4v) is 4.50. The molecule has 16 nitrogen and oxygen atoms in total. The van der Waals surface area contributed by atoms with Crippen molar-refractivity contribution in [3.8, 4) is 45.8 Å². The SMILES string of the molecule is COc1cc(-c2oc3cc(O)cc(O)c3c(=O)c2OC2O[C@H]([C@H](O)[C@@H](O)[C@H](O)[C@@H](C)O)[C@@H](O)[C@H](O)[C@H]2O)cc(O)c1O. The van der Waals surface area contributed by atoms with Crippen molar-refractivity contribution in [2.24, 2.45) is 0 Å². The lowest BCUT2D eigenvalue weighted by Gasteiger charge is -2.43. The molecule has 1 fully saturated rings. The van der Waals surface area contributed by atoms with Crippen LogP contribution in [0, 0.1) is 0 Å². The normalized spacial score (nSPS) is 25.5. The molecule has 0 aliphatic carbocycles. The number of methoxy groups -OCH3 is 1. The Labute approximate surface area is 235 Å². The van der Waals surface area contributed by atoms with Crippen molar-refractivity contribution < 1.29 is 74.8 Å². The predicted octanol–water partition coefficient (Wildman–Crippen LogP) is -2.06. The standard InChI is InChI=1S/C26H30O16/c1-7(27)15(31)18(34)20(36)24-21(37)19(35)22(38)26(41-24)42-25-17(33)14-10(29)5-9(28)6-12(14)40-23(25)8-3-11(30)16(32)13(4-8)39-2/h3-7,15,18-22,24,26-32,34-38H,1-2H3/t7-,15-,18+,19+,20-,21+,22-,24-,26?/m1/s1. The van der Waals surface area contributed by atoms with Gasteiger partial charge in [-0.25, -0.2) is 0 Å². The molecular formula is C26H30O16. The van der Waals surface area contributed by atoms with Gasteiger partial charge in [0.2, 0.25) is 23.2 Å². The quantitative estimate of drug-likeness (QED) is 0.124. The van der Waals surface area contributed by atoms with Gasteiger partial charge in [0, 0.05) is 17.7 Å². The van der Waals surface area contributed by atoms with Crippen LogP contribution in [0.2, 0.25) is 0 Å². The Morgan fingerprint density at radius 2 is 1.52 bits per heavy atom. The molecule has 0 spiro atoms. The fourth-order valence-electron chi connectivity index (χ4n) is 4.50. The molecule has 1 aromatic heterocycles. The molecule has 4 rings (SSSR count). The Kier molecular flexibility index (Phi) is 8.72. The summed E-state index contributed by atoms with van der Waals surface area (Å²) in [5, 5.41) is 112. The molecule has 230 valence electrons. The maximum Gasteiger partial charge on any atom is 0.239 e. The second-order valence-electron chi connectivity index (χ2n) is 9.74. The molecule has 1 saturated heterocycles. The summed E-state index contributed by atoms with van der Waals surface area (Å²) in [4.78, 5) is 13.6. The van der Waals surface area contributed by atoms with Gasteiger partial charge in [0.1, 0.15) is 65.2 Å². The van der Waals surface area contributed by atoms with E-state index in [0.29, 0.717) is 0 Å². The van der Waals surface area contributed by atoms with Gasteiger partial charge in [0.15, 0.2) is 17.3 Å². The van der Waals surface area contributed by atoms with Crippen molar-refractivity contribution >= 4 is 11.0 Å². The van der Waals surface area contributed by atoms with Gasteiger partial charge in [-0.2, -0.15) is 0 Å². The summed E-state index contributed by atoms with van der Waals surface area (Å²) >= 11 is 0. The van der Waals surface area contributed by atoms with Gasteiger partial charge in [0.05, 0.1) is 13.2 Å². The number of phenolic OH excluding ortho intramolecular Hbond substituents is 4. The Hall–Kier alpha value is -3.87. The summed E-state index contributed by atoms with van der Waals surface area (Å²) < 4.78 is 21.7. The maximum atomic E-state index is 13.6. The minimum absolute atomic E-state index is 0.170. The molecule has 9 atom stereocenters. The first-order chi connectivity index (χ1) is 19.7. The van der Waals surface area contributed by atoms with Crippen LogP contribution in [0.25, 0.3) is 22.3 Å². The molecule has 0 bridgehead atoms. The van der Waals surface area contributed by atoms with E-state index in [-0.39, 0.29) is 16.9 Å². The molecule has 1 aliphatic heterocycles. The van der Waals surface area contributed by atoms with Crippen LogP contribution in [0.15, 0.2) is 33.5 Å². The molecule has 0 amide bonds. The summed E-state index contributed by atoms with van der Waals surface area (Å²) in [7, 11) is 1.16. The first-order valence-corrected chi connectivity index (χ1v) is 12.4. The average molecular weight is 599 g/mol. The highest BCUT2D eigenvalue weighted by molar-refractivity contribution is 5.88. The van der Waals surface area contributed by atoms with E-state index < -0.39 is 100 Å². The highest BCUT2D eigenvalue weighted by Crippen LogP contribution is 2.43. The van der Waals surface area contributed by atoms with Crippen molar-refractivity contribution in [1.29, 1.82) is 0 Å². The molecular weight excluding hydrogens is 568 g/mol. The molecule has 1 aliphatic rings. The van der Waals surface area contributed by atoms with Gasteiger partial charge in [-0.05, 0) is 19.1 Å². The van der Waals surface area contributed by atoms with E-state index in [1.165, 1.54) is 0 Å². The van der Waals surface area contributed by atoms with Crippen molar-refractivity contribution in [3.05, 3.63) is 34.5 Å². The number of ether oxygens (including phenoxy) is 3. The largest absolute Gasteiger partial charge is 0.508 e. The van der Waals surface area contributed by atoms with E-state index in [1.54, 1.807) is 0 Å². The predicted molar refractivity (Wildman–Crippen MR) is 138 cm³/mol. The number of benzene rings is 2. The molecule has 0 radical (unpaired) electrons. The highest BCUT2D eigenvalue weighted by Gasteiger charge is 2.50. The van der Waals surface area contributed by atoms with Crippen LogP contribution in [0.5, 0.6) is 34.5 Å². The van der Waals surface area contributed by atoms with Crippen LogP contribution in [0.4, 0.5) is 0 Å². The van der Waals surface area contributed by atoms with E-state index in [0.717, 1.165) is 38.3 Å². The monoisotopic (exact) mass is 598 g/mol. The Morgan fingerprint density at radius 3 is 2.14 bits per heavy atom. The molecule has 0 saturated carbocycles. The topological polar surface area (TPSA) is 280 Å². The van der Waals surface area contributed by atoms with Crippen LogP contribution in [-0.4, -0.2) is 118 Å². The van der Waals surface area contributed by atoms with Gasteiger partial charge < -0.3 is 74.8 Å². The lowest BCUT2D eigenvalue weighted by atomic mass is 9.90. The van der Waals surface area contributed by atoms with Gasteiger partial charge in [0.25, 0.3) is 0 Å². The van der Waals surface area contributed by atoms with E-state index in [1.807, 2.05) is 0 Å². The van der Waals surface area contributed by atoms with E-state index in [4.69, 9.17) is 18.6 Å². The third kappa shape index (κ3) is 5.49. The number of aromatic hydroxyl groups is 4. The number of fused-ring (bicyclic) bond motifs is 1. The first kappa shape index (κ1) is 31.1. The van der Waals surface area contributed by atoms with Crippen molar-refractivity contribution in [3.63, 3.8) is 0 Å². The highest BCUT2D eigenvalue weighted by atomic mass is 16.7.